The third-order valence-corrected chi connectivity index (χ3v) is 14.7. The van der Waals surface area contributed by atoms with Crippen molar-refractivity contribution in [1.29, 1.82) is 0 Å². The van der Waals surface area contributed by atoms with Crippen LogP contribution in [0.5, 0.6) is 0 Å². The maximum Gasteiger partial charge on any atom is 0.121 e. The van der Waals surface area contributed by atoms with Crippen LogP contribution in [0.2, 0.25) is 19.6 Å². The maximum absolute atomic E-state index is 6.20. The molecule has 0 aliphatic heterocycles. The summed E-state index contributed by atoms with van der Waals surface area (Å²) in [5.74, 6) is 0.853. The maximum atomic E-state index is 6.20. The van der Waals surface area contributed by atoms with Crippen molar-refractivity contribution in [2.45, 2.75) is 79.4 Å². The summed E-state index contributed by atoms with van der Waals surface area (Å²) in [6.07, 6.45) is 10.9. The fourth-order valence-corrected chi connectivity index (χ4v) is 11.0. The van der Waals surface area contributed by atoms with Gasteiger partial charge in [-0.15, -0.1) is 53.1 Å². The first-order valence-electron chi connectivity index (χ1n) is 22.4. The summed E-state index contributed by atoms with van der Waals surface area (Å²) < 4.78 is 6.20. The molecule has 0 saturated heterocycles. The summed E-state index contributed by atoms with van der Waals surface area (Å²) in [4.78, 5) is 14.1. The Morgan fingerprint density at radius 3 is 1.84 bits per heavy atom. The number of hydrogen-bond acceptors (Lipinski definition) is 4. The summed E-state index contributed by atoms with van der Waals surface area (Å²) in [7, 11) is -1.41. The van der Waals surface area contributed by atoms with E-state index in [2.05, 4.69) is 172 Å². The molecule has 4 aromatic heterocycles. The Morgan fingerprint density at radius 2 is 1.19 bits per heavy atom. The van der Waals surface area contributed by atoms with Crippen molar-refractivity contribution >= 4 is 35.2 Å². The summed E-state index contributed by atoms with van der Waals surface area (Å²) >= 11 is 0. The number of nitrogens with zero attached hydrogens (tertiary/aromatic N) is 3. The van der Waals surface area contributed by atoms with Gasteiger partial charge in [0.05, 0.1) is 13.7 Å². The number of rotatable bonds is 8. The molecule has 6 heteroatoms. The molecular weight excluding hydrogens is 975 g/mol. The van der Waals surface area contributed by atoms with Gasteiger partial charge in [-0.05, 0) is 90.1 Å². The Kier molecular flexibility index (Phi) is 13.4. The fraction of sp³-hybridized carbons (Fsp3) is 0.224. The van der Waals surface area contributed by atoms with Crippen LogP contribution in [0.15, 0.2) is 144 Å². The Bertz CT molecular complexity index is 3050. The molecule has 10 rings (SSSR count). The van der Waals surface area contributed by atoms with Crippen molar-refractivity contribution in [2.75, 3.05) is 0 Å². The number of aromatic nitrogens is 3. The van der Waals surface area contributed by atoms with Gasteiger partial charge >= 0.3 is 0 Å². The van der Waals surface area contributed by atoms with Gasteiger partial charge in [0.1, 0.15) is 5.58 Å². The molecule has 0 atom stereocenters. The second kappa shape index (κ2) is 19.1. The second-order valence-electron chi connectivity index (χ2n) is 18.5. The quantitative estimate of drug-likeness (QED) is 0.112. The Morgan fingerprint density at radius 1 is 0.578 bits per heavy atom. The minimum Gasteiger partial charge on any atom is -0.500 e. The number of pyridine rings is 3. The summed E-state index contributed by atoms with van der Waals surface area (Å²) in [5, 5.41) is 3.70. The van der Waals surface area contributed by atoms with Gasteiger partial charge in [-0.2, -0.15) is 0 Å². The van der Waals surface area contributed by atoms with Gasteiger partial charge in [0.2, 0.25) is 0 Å². The molecule has 1 saturated carbocycles. The van der Waals surface area contributed by atoms with Crippen LogP contribution >= 0.6 is 0 Å². The van der Waals surface area contributed by atoms with Crippen LogP contribution in [0.1, 0.15) is 53.8 Å². The van der Waals surface area contributed by atoms with E-state index in [1.807, 2.05) is 32.2 Å². The molecule has 0 amide bonds. The number of aryl methyl sites for hydroxylation is 4. The van der Waals surface area contributed by atoms with E-state index in [4.69, 9.17) is 14.4 Å². The van der Waals surface area contributed by atoms with Gasteiger partial charge < -0.3 is 14.4 Å². The molecule has 1 aliphatic rings. The van der Waals surface area contributed by atoms with E-state index in [1.54, 1.807) is 5.56 Å². The van der Waals surface area contributed by atoms with E-state index < -0.39 is 8.07 Å². The van der Waals surface area contributed by atoms with Gasteiger partial charge in [0, 0.05) is 54.8 Å². The first-order chi connectivity index (χ1) is 30.5. The number of furan rings is 1. The molecule has 0 spiro atoms. The zero-order valence-corrected chi connectivity index (χ0v) is 41.4. The molecule has 1 radical (unpaired) electrons. The molecule has 64 heavy (non-hydrogen) atoms. The van der Waals surface area contributed by atoms with Crippen molar-refractivity contribution in [3.63, 3.8) is 0 Å². The molecular formula is C58H55IrN3OSi-2. The largest absolute Gasteiger partial charge is 0.500 e. The molecule has 9 aromatic rings. The molecule has 1 aliphatic carbocycles. The van der Waals surface area contributed by atoms with Crippen LogP contribution < -0.4 is 5.19 Å². The average Bonchev–Trinajstić information content (AvgIpc) is 3.93. The molecule has 323 valence electrons. The average molecular weight is 1030 g/mol. The molecule has 1 fully saturated rings. The monoisotopic (exact) mass is 1030 g/mol. The minimum absolute atomic E-state index is 0. The van der Waals surface area contributed by atoms with Crippen LogP contribution in [-0.4, -0.2) is 23.0 Å². The second-order valence-corrected chi connectivity index (χ2v) is 23.5. The van der Waals surface area contributed by atoms with Crippen molar-refractivity contribution in [3.8, 4) is 55.9 Å². The first kappa shape index (κ1) is 44.8. The van der Waals surface area contributed by atoms with Crippen LogP contribution in [0.4, 0.5) is 0 Å². The van der Waals surface area contributed by atoms with Gasteiger partial charge in [-0.3, -0.25) is 4.98 Å². The molecule has 4 nitrogen and oxygen atoms in total. The summed E-state index contributed by atoms with van der Waals surface area (Å²) in [5.41, 5.74) is 18.9. The van der Waals surface area contributed by atoms with Gasteiger partial charge in [0.15, 0.2) is 0 Å². The number of benzene rings is 5. The smallest absolute Gasteiger partial charge is 0.121 e. The number of hydrogen-bond donors (Lipinski definition) is 0. The van der Waals surface area contributed by atoms with E-state index in [0.717, 1.165) is 78.4 Å². The van der Waals surface area contributed by atoms with E-state index in [1.165, 1.54) is 65.1 Å². The predicted octanol–water partition coefficient (Wildman–Crippen LogP) is 14.9. The first-order valence-corrected chi connectivity index (χ1v) is 25.9. The molecule has 0 N–H and O–H groups in total. The van der Waals surface area contributed by atoms with Gasteiger partial charge in [-0.1, -0.05) is 159 Å². The van der Waals surface area contributed by atoms with E-state index >= 15 is 0 Å². The number of fused-ring (bicyclic) bond motifs is 3. The van der Waals surface area contributed by atoms with Crippen molar-refractivity contribution in [3.05, 3.63) is 180 Å². The predicted molar refractivity (Wildman–Crippen MR) is 266 cm³/mol. The van der Waals surface area contributed by atoms with Crippen LogP contribution in [0.25, 0.3) is 77.8 Å². The van der Waals surface area contributed by atoms with Gasteiger partial charge in [0.25, 0.3) is 0 Å². The third kappa shape index (κ3) is 9.80. The Balaban J connectivity index is 0.000000175. The fourth-order valence-electron chi connectivity index (χ4n) is 9.36. The molecule has 4 heterocycles. The van der Waals surface area contributed by atoms with Crippen molar-refractivity contribution in [1.82, 2.24) is 15.0 Å². The minimum atomic E-state index is -1.41. The van der Waals surface area contributed by atoms with Crippen LogP contribution in [-0.2, 0) is 26.5 Å². The molecule has 0 unspecified atom stereocenters. The van der Waals surface area contributed by atoms with Gasteiger partial charge in [-0.25, -0.2) is 0 Å². The Hall–Kier alpha value is -5.78. The summed E-state index contributed by atoms with van der Waals surface area (Å²) in [6.45, 7) is 15.7. The zero-order chi connectivity index (χ0) is 43.7. The van der Waals surface area contributed by atoms with E-state index in [-0.39, 0.29) is 20.1 Å². The molecule has 0 bridgehead atoms. The SMILES string of the molecule is Cc1cc(-c2cc(CC3CCCC3)c([Si](C)(C)C)cn2)[c-]cc1-c1ccccc1.Cc1cc(-c2ccc3c(c2)oc2c[c-]c(-c4cc(C)c(-c5ccccc5)cn4)cc23)cc(C)n1.[Ir]. The summed E-state index contributed by atoms with van der Waals surface area (Å²) in [6, 6.07) is 51.4. The molecule has 5 aromatic carbocycles. The third-order valence-electron chi connectivity index (χ3n) is 12.6. The van der Waals surface area contributed by atoms with E-state index in [9.17, 15) is 0 Å². The topological polar surface area (TPSA) is 51.8 Å². The normalized spacial score (nSPS) is 12.9. The van der Waals surface area contributed by atoms with Crippen LogP contribution in [0, 0.1) is 45.7 Å². The zero-order valence-electron chi connectivity index (χ0n) is 38.0. The Labute approximate surface area is 393 Å². The van der Waals surface area contributed by atoms with Crippen molar-refractivity contribution < 1.29 is 24.5 Å². The van der Waals surface area contributed by atoms with E-state index in [0.29, 0.717) is 0 Å². The van der Waals surface area contributed by atoms with Crippen LogP contribution in [0.3, 0.4) is 0 Å². The van der Waals surface area contributed by atoms with Crippen molar-refractivity contribution in [2.24, 2.45) is 5.92 Å². The standard InChI is InChI=1S/C31H23N2O.C27H32NSi.Ir/c1-19-13-29(32-18-28(19)22-7-5-4-6-8-22)24-10-12-30-27(16-24)26-11-9-23(17-31(26)34-30)25-14-20(2)33-21(3)15-25;1-20-16-23(14-15-25(20)22-12-6-5-7-13-22)26-18-24(17-21-10-8-9-11-21)27(19-28-26)29(2,3)4;/h4-9,11-18H,1-3H3;5-7,12-13,15-16,18-19,21H,8-11,17H2,1-4H3;/q2*-1;.